The van der Waals surface area contributed by atoms with Gasteiger partial charge in [-0.05, 0) is 26.3 Å². The molecule has 2 nitrogen and oxygen atoms in total. The van der Waals surface area contributed by atoms with Gasteiger partial charge >= 0.3 is 0 Å². The molecule has 0 saturated heterocycles. The van der Waals surface area contributed by atoms with Gasteiger partial charge < -0.3 is 5.32 Å². The molecule has 2 unspecified atom stereocenters. The molecule has 2 atom stereocenters. The summed E-state index contributed by atoms with van der Waals surface area (Å²) >= 11 is 0. The van der Waals surface area contributed by atoms with Crippen LogP contribution in [0.3, 0.4) is 0 Å². The van der Waals surface area contributed by atoms with E-state index >= 15 is 0 Å². The van der Waals surface area contributed by atoms with Gasteiger partial charge in [0.25, 0.3) is 0 Å². The first kappa shape index (κ1) is 7.59. The van der Waals surface area contributed by atoms with Crippen molar-refractivity contribution in [1.29, 1.82) is 0 Å². The second-order valence-electron chi connectivity index (χ2n) is 3.63. The van der Waals surface area contributed by atoms with Gasteiger partial charge in [0.05, 0.1) is 17.9 Å². The van der Waals surface area contributed by atoms with Crippen molar-refractivity contribution in [3.05, 3.63) is 23.3 Å². The molecule has 0 bridgehead atoms. The fourth-order valence-corrected chi connectivity index (χ4v) is 1.94. The Kier molecular flexibility index (Phi) is 1.56. The Bertz CT molecular complexity index is 297. The average Bonchev–Trinajstić information content (AvgIpc) is 2.29. The van der Waals surface area contributed by atoms with Gasteiger partial charge in [-0.3, -0.25) is 4.99 Å². The SMILES string of the molecule is CC1=CC2NC(C)=NC2C(C)=C1. The van der Waals surface area contributed by atoms with Crippen LogP contribution in [0.2, 0.25) is 0 Å². The van der Waals surface area contributed by atoms with Crippen LogP contribution in [-0.2, 0) is 0 Å². The Morgan fingerprint density at radius 1 is 1.33 bits per heavy atom. The van der Waals surface area contributed by atoms with Gasteiger partial charge in [-0.25, -0.2) is 0 Å². The molecule has 2 heteroatoms. The summed E-state index contributed by atoms with van der Waals surface area (Å²) in [6.45, 7) is 6.31. The van der Waals surface area contributed by atoms with Gasteiger partial charge in [0, 0.05) is 0 Å². The van der Waals surface area contributed by atoms with E-state index in [-0.39, 0.29) is 0 Å². The van der Waals surface area contributed by atoms with Gasteiger partial charge in [0.15, 0.2) is 0 Å². The fraction of sp³-hybridized carbons (Fsp3) is 0.500. The first-order chi connectivity index (χ1) is 5.66. The van der Waals surface area contributed by atoms with Crippen LogP contribution < -0.4 is 5.32 Å². The van der Waals surface area contributed by atoms with Crippen molar-refractivity contribution in [1.82, 2.24) is 5.32 Å². The Hall–Kier alpha value is -1.05. The van der Waals surface area contributed by atoms with E-state index in [0.29, 0.717) is 12.1 Å². The van der Waals surface area contributed by atoms with Crippen LogP contribution >= 0.6 is 0 Å². The van der Waals surface area contributed by atoms with Crippen molar-refractivity contribution in [2.75, 3.05) is 0 Å². The van der Waals surface area contributed by atoms with Gasteiger partial charge in [-0.15, -0.1) is 0 Å². The molecule has 0 aromatic rings. The summed E-state index contributed by atoms with van der Waals surface area (Å²) in [5, 5.41) is 3.35. The summed E-state index contributed by atoms with van der Waals surface area (Å²) in [6, 6.07) is 0.767. The molecule has 1 aliphatic heterocycles. The minimum absolute atomic E-state index is 0.355. The minimum Gasteiger partial charge on any atom is -0.365 e. The van der Waals surface area contributed by atoms with E-state index in [1.807, 2.05) is 6.92 Å². The fourth-order valence-electron chi connectivity index (χ4n) is 1.94. The highest BCUT2D eigenvalue weighted by Crippen LogP contribution is 2.23. The van der Waals surface area contributed by atoms with E-state index in [4.69, 9.17) is 0 Å². The molecular formula is C10H14N2. The van der Waals surface area contributed by atoms with Gasteiger partial charge in [-0.2, -0.15) is 0 Å². The highest BCUT2D eigenvalue weighted by molar-refractivity contribution is 5.83. The molecule has 0 saturated carbocycles. The van der Waals surface area contributed by atoms with Crippen LogP contribution in [0.1, 0.15) is 20.8 Å². The van der Waals surface area contributed by atoms with Crippen molar-refractivity contribution in [2.24, 2.45) is 4.99 Å². The second kappa shape index (κ2) is 2.47. The van der Waals surface area contributed by atoms with E-state index in [1.165, 1.54) is 11.1 Å². The third-order valence-electron chi connectivity index (χ3n) is 2.41. The maximum absolute atomic E-state index is 4.52. The molecule has 0 radical (unpaired) electrons. The number of amidine groups is 1. The molecule has 1 N–H and O–H groups in total. The Labute approximate surface area is 73.1 Å². The smallest absolute Gasteiger partial charge is 0.0967 e. The quantitative estimate of drug-likeness (QED) is 0.575. The van der Waals surface area contributed by atoms with Crippen molar-refractivity contribution in [3.8, 4) is 0 Å². The molecule has 1 aliphatic carbocycles. The molecule has 0 aromatic carbocycles. The van der Waals surface area contributed by atoms with Gasteiger partial charge in [0.2, 0.25) is 0 Å². The molecule has 0 aromatic heterocycles. The molecule has 12 heavy (non-hydrogen) atoms. The topological polar surface area (TPSA) is 24.4 Å². The summed E-state index contributed by atoms with van der Waals surface area (Å²) < 4.78 is 0. The van der Waals surface area contributed by atoms with Crippen LogP contribution in [-0.4, -0.2) is 17.9 Å². The Morgan fingerprint density at radius 2 is 2.08 bits per heavy atom. The van der Waals surface area contributed by atoms with Crippen molar-refractivity contribution in [2.45, 2.75) is 32.9 Å². The lowest BCUT2D eigenvalue weighted by Crippen LogP contribution is -2.34. The summed E-state index contributed by atoms with van der Waals surface area (Å²) in [7, 11) is 0. The zero-order chi connectivity index (χ0) is 8.72. The number of allylic oxidation sites excluding steroid dienone is 2. The van der Waals surface area contributed by atoms with Crippen molar-refractivity contribution >= 4 is 5.84 Å². The molecule has 2 aliphatic rings. The predicted molar refractivity (Wildman–Crippen MR) is 51.3 cm³/mol. The third kappa shape index (κ3) is 1.07. The van der Waals surface area contributed by atoms with Gasteiger partial charge in [0.1, 0.15) is 0 Å². The molecule has 1 heterocycles. The molecule has 0 spiro atoms. The monoisotopic (exact) mass is 162 g/mol. The largest absolute Gasteiger partial charge is 0.365 e. The summed E-state index contributed by atoms with van der Waals surface area (Å²) in [5.74, 6) is 1.06. The van der Waals surface area contributed by atoms with E-state index in [0.717, 1.165) is 5.84 Å². The van der Waals surface area contributed by atoms with E-state index in [2.05, 4.69) is 36.3 Å². The van der Waals surface area contributed by atoms with Gasteiger partial charge in [-0.1, -0.05) is 17.7 Å². The number of rotatable bonds is 0. The summed E-state index contributed by atoms with van der Waals surface area (Å²) in [5.41, 5.74) is 2.70. The van der Waals surface area contributed by atoms with Crippen molar-refractivity contribution in [3.63, 3.8) is 0 Å². The molecule has 0 amide bonds. The Morgan fingerprint density at radius 3 is 2.83 bits per heavy atom. The van der Waals surface area contributed by atoms with Crippen LogP contribution in [0, 0.1) is 0 Å². The number of nitrogens with one attached hydrogen (secondary N) is 1. The maximum atomic E-state index is 4.52. The number of aliphatic imine (C=N–C) groups is 1. The Balaban J connectivity index is 2.33. The maximum Gasteiger partial charge on any atom is 0.0967 e. The summed E-state index contributed by atoms with van der Waals surface area (Å²) in [6.07, 6.45) is 4.46. The highest BCUT2D eigenvalue weighted by Gasteiger charge is 2.28. The third-order valence-corrected chi connectivity index (χ3v) is 2.41. The van der Waals surface area contributed by atoms with E-state index in [1.54, 1.807) is 0 Å². The summed E-state index contributed by atoms with van der Waals surface area (Å²) in [4.78, 5) is 4.52. The lowest BCUT2D eigenvalue weighted by Gasteiger charge is -2.20. The molecule has 64 valence electrons. The first-order valence-electron chi connectivity index (χ1n) is 4.34. The zero-order valence-electron chi connectivity index (χ0n) is 7.76. The standard InChI is InChI=1S/C10H14N2/c1-6-4-7(2)10-9(5-6)11-8(3)12-10/h4-5,9-10H,1-3H3,(H,11,12). The normalized spacial score (nSPS) is 33.1. The molecule has 0 fully saturated rings. The van der Waals surface area contributed by atoms with Crippen LogP contribution in [0.5, 0.6) is 0 Å². The van der Waals surface area contributed by atoms with E-state index < -0.39 is 0 Å². The van der Waals surface area contributed by atoms with Crippen LogP contribution in [0.4, 0.5) is 0 Å². The van der Waals surface area contributed by atoms with Crippen LogP contribution in [0.25, 0.3) is 0 Å². The van der Waals surface area contributed by atoms with E-state index in [9.17, 15) is 0 Å². The number of hydrogen-bond donors (Lipinski definition) is 1. The first-order valence-corrected chi connectivity index (χ1v) is 4.34. The molecule has 2 rings (SSSR count). The lowest BCUT2D eigenvalue weighted by atomic mass is 9.93. The number of nitrogens with zero attached hydrogens (tertiary/aromatic N) is 1. The highest BCUT2D eigenvalue weighted by atomic mass is 15.1. The number of fused-ring (bicyclic) bond motifs is 1. The predicted octanol–water partition coefficient (Wildman–Crippen LogP) is 1.65. The molecular weight excluding hydrogens is 148 g/mol. The average molecular weight is 162 g/mol. The van der Waals surface area contributed by atoms with Crippen molar-refractivity contribution < 1.29 is 0 Å². The zero-order valence-corrected chi connectivity index (χ0v) is 7.76. The second-order valence-corrected chi connectivity index (χ2v) is 3.63. The minimum atomic E-state index is 0.355. The lowest BCUT2D eigenvalue weighted by molar-refractivity contribution is 0.660. The number of hydrogen-bond acceptors (Lipinski definition) is 2. The van der Waals surface area contributed by atoms with Crippen LogP contribution in [0.15, 0.2) is 28.3 Å².